The lowest BCUT2D eigenvalue weighted by Crippen LogP contribution is -2.65. The first-order chi connectivity index (χ1) is 14.6. The predicted octanol–water partition coefficient (Wildman–Crippen LogP) is 3.58. The highest BCUT2D eigenvalue weighted by molar-refractivity contribution is 6.00. The molecule has 3 atom stereocenters. The number of carbonyl (C=O) groups excluding carboxylic acids is 1. The van der Waals surface area contributed by atoms with Crippen LogP contribution in [-0.4, -0.2) is 33.2 Å². The Morgan fingerprint density at radius 1 is 1.35 bits per heavy atom. The summed E-state index contributed by atoms with van der Waals surface area (Å²) in [5.74, 6) is -0.437. The van der Waals surface area contributed by atoms with E-state index in [2.05, 4.69) is 55.4 Å². The maximum Gasteiger partial charge on any atom is 0.235 e. The van der Waals surface area contributed by atoms with E-state index in [0.717, 1.165) is 12.0 Å². The Bertz CT molecular complexity index is 1170. The van der Waals surface area contributed by atoms with E-state index in [-0.39, 0.29) is 23.2 Å². The Kier molecular flexibility index (Phi) is 4.77. The molecule has 1 fully saturated rings. The number of nitrogens with zero attached hydrogens (tertiary/aromatic N) is 4. The van der Waals surface area contributed by atoms with Crippen LogP contribution in [0.4, 0.5) is 0 Å². The molecule has 2 N–H and O–H groups in total. The predicted molar refractivity (Wildman–Crippen MR) is 119 cm³/mol. The fourth-order valence-corrected chi connectivity index (χ4v) is 4.65. The van der Waals surface area contributed by atoms with Gasteiger partial charge >= 0.3 is 0 Å². The molecule has 3 heterocycles. The van der Waals surface area contributed by atoms with Crippen LogP contribution < -0.4 is 5.32 Å². The van der Waals surface area contributed by atoms with E-state index >= 15 is 0 Å². The van der Waals surface area contributed by atoms with Gasteiger partial charge in [-0.1, -0.05) is 45.1 Å². The van der Waals surface area contributed by atoms with Crippen LogP contribution in [0.3, 0.4) is 0 Å². The third-order valence-corrected chi connectivity index (χ3v) is 6.58. The molecule has 4 rings (SSSR count). The highest BCUT2D eigenvalue weighted by Gasteiger charge is 2.50. The van der Waals surface area contributed by atoms with Gasteiger partial charge in [-0.3, -0.25) is 19.5 Å². The summed E-state index contributed by atoms with van der Waals surface area (Å²) in [6, 6.07) is 5.93. The Labute approximate surface area is 182 Å². The minimum atomic E-state index is -0.812. The summed E-state index contributed by atoms with van der Waals surface area (Å²) in [5, 5.41) is 21.1. The van der Waals surface area contributed by atoms with Crippen molar-refractivity contribution in [1.82, 2.24) is 19.6 Å². The van der Waals surface area contributed by atoms with Crippen LogP contribution in [0.15, 0.2) is 48.3 Å². The van der Waals surface area contributed by atoms with Gasteiger partial charge in [0.15, 0.2) is 5.96 Å². The lowest BCUT2D eigenvalue weighted by molar-refractivity contribution is -0.137. The van der Waals surface area contributed by atoms with Crippen LogP contribution >= 0.6 is 0 Å². The summed E-state index contributed by atoms with van der Waals surface area (Å²) in [6.45, 7) is 8.52. The van der Waals surface area contributed by atoms with Gasteiger partial charge in [0.2, 0.25) is 5.91 Å². The number of imidazole rings is 1. The number of hydrogen-bond acceptors (Lipinski definition) is 4. The molecule has 2 aromatic rings. The molecular formula is C24H28N6O. The smallest absolute Gasteiger partial charge is 0.235 e. The van der Waals surface area contributed by atoms with Crippen molar-refractivity contribution in [2.24, 2.45) is 17.3 Å². The van der Waals surface area contributed by atoms with Gasteiger partial charge in [0.25, 0.3) is 0 Å². The van der Waals surface area contributed by atoms with Crippen LogP contribution in [0.1, 0.15) is 45.4 Å². The third-order valence-electron chi connectivity index (χ3n) is 6.58. The molecule has 1 aliphatic carbocycles. The Morgan fingerprint density at radius 2 is 2.10 bits per heavy atom. The molecular weight excluding hydrogens is 388 g/mol. The molecule has 0 saturated carbocycles. The van der Waals surface area contributed by atoms with Crippen molar-refractivity contribution in [3.05, 3.63) is 59.6 Å². The zero-order valence-electron chi connectivity index (χ0n) is 18.6. The van der Waals surface area contributed by atoms with Gasteiger partial charge in [-0.05, 0) is 41.9 Å². The largest absolute Gasteiger partial charge is 0.346 e. The van der Waals surface area contributed by atoms with Crippen molar-refractivity contribution >= 4 is 17.5 Å². The second kappa shape index (κ2) is 7.09. The molecule has 0 aromatic carbocycles. The third kappa shape index (κ3) is 3.32. The van der Waals surface area contributed by atoms with E-state index in [0.29, 0.717) is 11.3 Å². The molecule has 1 aliphatic heterocycles. The fourth-order valence-electron chi connectivity index (χ4n) is 4.65. The van der Waals surface area contributed by atoms with Crippen molar-refractivity contribution in [2.45, 2.75) is 39.7 Å². The quantitative estimate of drug-likeness (QED) is 0.782. The number of allylic oxidation sites excluding steroid dienone is 4. The number of pyridine rings is 1. The van der Waals surface area contributed by atoms with E-state index in [1.807, 2.05) is 25.3 Å². The summed E-state index contributed by atoms with van der Waals surface area (Å²) in [5.41, 5.74) is 2.45. The van der Waals surface area contributed by atoms with Crippen molar-refractivity contribution < 1.29 is 4.79 Å². The van der Waals surface area contributed by atoms with E-state index in [9.17, 15) is 10.1 Å². The van der Waals surface area contributed by atoms with E-state index < -0.39 is 11.5 Å². The topological polar surface area (TPSA) is 97.3 Å². The molecule has 0 bridgehead atoms. The molecule has 7 heteroatoms. The van der Waals surface area contributed by atoms with Crippen LogP contribution in [0.25, 0.3) is 5.65 Å². The average Bonchev–Trinajstić information content (AvgIpc) is 3.14. The van der Waals surface area contributed by atoms with Crippen LogP contribution in [0.2, 0.25) is 0 Å². The minimum absolute atomic E-state index is 0.0134. The number of nitrogens with one attached hydrogen (secondary N) is 2. The molecule has 160 valence electrons. The number of guanidine groups is 1. The van der Waals surface area contributed by atoms with Gasteiger partial charge < -0.3 is 5.32 Å². The number of rotatable bonds is 2. The van der Waals surface area contributed by atoms with Gasteiger partial charge in [0, 0.05) is 13.2 Å². The molecule has 7 nitrogen and oxygen atoms in total. The van der Waals surface area contributed by atoms with E-state index in [1.54, 1.807) is 11.4 Å². The Hall–Kier alpha value is -3.40. The zero-order valence-corrected chi connectivity index (χ0v) is 18.6. The average molecular weight is 417 g/mol. The molecule has 2 aromatic heterocycles. The van der Waals surface area contributed by atoms with Crippen LogP contribution in [0.5, 0.6) is 0 Å². The van der Waals surface area contributed by atoms with Gasteiger partial charge in [-0.25, -0.2) is 4.98 Å². The number of hydrogen-bond donors (Lipinski definition) is 2. The van der Waals surface area contributed by atoms with E-state index in [1.165, 1.54) is 16.7 Å². The van der Waals surface area contributed by atoms with Gasteiger partial charge in [0.1, 0.15) is 17.4 Å². The minimum Gasteiger partial charge on any atom is -0.346 e. The van der Waals surface area contributed by atoms with Crippen molar-refractivity contribution in [2.75, 3.05) is 7.05 Å². The normalized spacial score (nSPS) is 26.6. The zero-order chi connectivity index (χ0) is 22.6. The first kappa shape index (κ1) is 20.9. The lowest BCUT2D eigenvalue weighted by Gasteiger charge is -2.48. The standard InChI is InChI=1S/C24H28N6O/c1-23(2,3)16-8-6-15(7-9-16)20-21(31)29(5)22(26)28-24(20,4)17-10-11-19-27-13-18(12-25)30(19)14-17/h6,8-11,13-15,20H,7H2,1-5H3,(H2,26,28)/t15?,20-,24+/m0/s1. The summed E-state index contributed by atoms with van der Waals surface area (Å²) >= 11 is 0. The maximum atomic E-state index is 13.5. The Balaban J connectivity index is 1.80. The second-order valence-corrected chi connectivity index (χ2v) is 9.62. The van der Waals surface area contributed by atoms with Gasteiger partial charge in [0.05, 0.1) is 17.7 Å². The first-order valence-corrected chi connectivity index (χ1v) is 10.5. The summed E-state index contributed by atoms with van der Waals surface area (Å²) < 4.78 is 1.74. The van der Waals surface area contributed by atoms with Crippen molar-refractivity contribution in [3.63, 3.8) is 0 Å². The van der Waals surface area contributed by atoms with Crippen molar-refractivity contribution in [3.8, 4) is 6.07 Å². The summed E-state index contributed by atoms with van der Waals surface area (Å²) in [6.07, 6.45) is 10.7. The van der Waals surface area contributed by atoms with Crippen LogP contribution in [-0.2, 0) is 10.3 Å². The van der Waals surface area contributed by atoms with Gasteiger partial charge in [-0.15, -0.1) is 0 Å². The summed E-state index contributed by atoms with van der Waals surface area (Å²) in [4.78, 5) is 19.1. The number of aromatic nitrogens is 2. The monoisotopic (exact) mass is 416 g/mol. The number of fused-ring (bicyclic) bond motifs is 1. The molecule has 1 unspecified atom stereocenters. The number of amides is 1. The molecule has 0 spiro atoms. The molecule has 1 amide bonds. The lowest BCUT2D eigenvalue weighted by atomic mass is 9.68. The summed E-state index contributed by atoms with van der Waals surface area (Å²) in [7, 11) is 1.64. The highest BCUT2D eigenvalue weighted by atomic mass is 16.2. The number of nitriles is 1. The second-order valence-electron chi connectivity index (χ2n) is 9.62. The van der Waals surface area contributed by atoms with Crippen LogP contribution in [0, 0.1) is 34.0 Å². The SMILES string of the molecule is CN1C(=N)N[C@](C)(c2ccc3ncc(C#N)n3c2)[C@@H](C2C=CC(C(C)(C)C)=CC2)C1=O. The van der Waals surface area contributed by atoms with Crippen molar-refractivity contribution in [1.29, 1.82) is 10.7 Å². The van der Waals surface area contributed by atoms with Gasteiger partial charge in [-0.2, -0.15) is 5.26 Å². The first-order valence-electron chi connectivity index (χ1n) is 10.5. The molecule has 2 aliphatic rings. The molecule has 31 heavy (non-hydrogen) atoms. The maximum absolute atomic E-state index is 13.5. The fraction of sp³-hybridized carbons (Fsp3) is 0.417. The number of carbonyl (C=O) groups is 1. The highest BCUT2D eigenvalue weighted by Crippen LogP contribution is 2.43. The molecule has 1 saturated heterocycles. The molecule has 0 radical (unpaired) electrons. The van der Waals surface area contributed by atoms with E-state index in [4.69, 9.17) is 5.41 Å². The Morgan fingerprint density at radius 3 is 2.71 bits per heavy atom.